The van der Waals surface area contributed by atoms with Crippen molar-refractivity contribution in [2.45, 2.75) is 66.6 Å². The van der Waals surface area contributed by atoms with Gasteiger partial charge in [0.1, 0.15) is 5.82 Å². The van der Waals surface area contributed by atoms with Gasteiger partial charge in [0.05, 0.1) is 13.1 Å². The molecule has 0 spiro atoms. The highest BCUT2D eigenvalue weighted by Crippen LogP contribution is 2.21. The van der Waals surface area contributed by atoms with Crippen molar-refractivity contribution in [3.63, 3.8) is 0 Å². The van der Waals surface area contributed by atoms with Crippen molar-refractivity contribution < 1.29 is 0 Å². The van der Waals surface area contributed by atoms with Crippen LogP contribution in [0.25, 0.3) is 0 Å². The van der Waals surface area contributed by atoms with Crippen LogP contribution in [0, 0.1) is 12.3 Å². The van der Waals surface area contributed by atoms with E-state index in [1.54, 1.807) is 0 Å². The molecule has 0 aliphatic heterocycles. The summed E-state index contributed by atoms with van der Waals surface area (Å²) < 4.78 is 1.99. The van der Waals surface area contributed by atoms with Gasteiger partial charge < -0.3 is 15.2 Å². The normalized spacial score (nSPS) is 13.5. The fourth-order valence-electron chi connectivity index (χ4n) is 2.63. The van der Waals surface area contributed by atoms with Crippen LogP contribution in [0.1, 0.15) is 57.7 Å². The second kappa shape index (κ2) is 9.53. The number of hydrogen-bond donors (Lipinski definition) is 2. The standard InChI is InChI=1S/C21H34N6/c1-16(12-13-21(3,4)5)24-20(22-14-18-10-8-7-9-11-18)23-15-19-26-25-17(2)27(19)6/h7-11,16H,12-15H2,1-6H3,(H2,22,23,24). The number of guanidine groups is 1. The van der Waals surface area contributed by atoms with Crippen LogP contribution >= 0.6 is 0 Å². The number of aromatic nitrogens is 3. The number of hydrogen-bond acceptors (Lipinski definition) is 3. The van der Waals surface area contributed by atoms with Gasteiger partial charge in [-0.3, -0.25) is 0 Å². The van der Waals surface area contributed by atoms with Gasteiger partial charge in [-0.1, -0.05) is 51.1 Å². The van der Waals surface area contributed by atoms with Gasteiger partial charge in [0.2, 0.25) is 0 Å². The Balaban J connectivity index is 2.01. The molecule has 1 heterocycles. The Bertz CT molecular complexity index is 727. The van der Waals surface area contributed by atoms with E-state index >= 15 is 0 Å². The Morgan fingerprint density at radius 3 is 2.48 bits per heavy atom. The molecule has 6 nitrogen and oxygen atoms in total. The summed E-state index contributed by atoms with van der Waals surface area (Å²) in [6, 6.07) is 10.6. The molecule has 0 saturated carbocycles. The third-order valence-electron chi connectivity index (χ3n) is 4.57. The molecule has 2 rings (SSSR count). The predicted molar refractivity (Wildman–Crippen MR) is 111 cm³/mol. The molecule has 1 aromatic carbocycles. The first-order valence-electron chi connectivity index (χ1n) is 9.68. The molecule has 1 aromatic heterocycles. The van der Waals surface area contributed by atoms with E-state index < -0.39 is 0 Å². The van der Waals surface area contributed by atoms with E-state index in [2.05, 4.69) is 60.7 Å². The molecule has 0 aliphatic rings. The Hall–Kier alpha value is -2.37. The minimum atomic E-state index is 0.334. The van der Waals surface area contributed by atoms with Gasteiger partial charge in [0, 0.05) is 13.1 Å². The number of aliphatic imine (C=N–C) groups is 1. The van der Waals surface area contributed by atoms with Crippen LogP contribution in [0.5, 0.6) is 0 Å². The number of nitrogens with one attached hydrogen (secondary N) is 2. The number of benzene rings is 1. The predicted octanol–water partition coefficient (Wildman–Crippen LogP) is 3.57. The Kier molecular flexibility index (Phi) is 7.39. The summed E-state index contributed by atoms with van der Waals surface area (Å²) in [6.45, 7) is 12.2. The Labute approximate surface area is 163 Å². The molecule has 0 fully saturated rings. The molecular formula is C21H34N6. The summed E-state index contributed by atoms with van der Waals surface area (Å²) in [5.41, 5.74) is 1.52. The van der Waals surface area contributed by atoms with E-state index in [0.29, 0.717) is 24.5 Å². The molecule has 0 saturated heterocycles. The fraction of sp³-hybridized carbons (Fsp3) is 0.571. The molecule has 148 valence electrons. The highest BCUT2D eigenvalue weighted by molar-refractivity contribution is 5.80. The summed E-state index contributed by atoms with van der Waals surface area (Å²) in [6.07, 6.45) is 2.26. The maximum absolute atomic E-state index is 4.77. The minimum Gasteiger partial charge on any atom is -0.354 e. The molecular weight excluding hydrogens is 336 g/mol. The van der Waals surface area contributed by atoms with Crippen molar-refractivity contribution in [2.75, 3.05) is 0 Å². The number of rotatable bonds is 7. The lowest BCUT2D eigenvalue weighted by Gasteiger charge is -2.23. The van der Waals surface area contributed by atoms with Crippen molar-refractivity contribution in [3.8, 4) is 0 Å². The third kappa shape index (κ3) is 7.41. The molecule has 0 radical (unpaired) electrons. The maximum Gasteiger partial charge on any atom is 0.192 e. The van der Waals surface area contributed by atoms with Gasteiger partial charge in [-0.05, 0) is 37.7 Å². The van der Waals surface area contributed by atoms with Crippen LogP contribution in [0.4, 0.5) is 0 Å². The molecule has 27 heavy (non-hydrogen) atoms. The van der Waals surface area contributed by atoms with Gasteiger partial charge in [0.15, 0.2) is 11.8 Å². The summed E-state index contributed by atoms with van der Waals surface area (Å²) >= 11 is 0. The summed E-state index contributed by atoms with van der Waals surface area (Å²) in [7, 11) is 1.98. The minimum absolute atomic E-state index is 0.334. The first-order chi connectivity index (χ1) is 12.7. The Morgan fingerprint density at radius 2 is 1.89 bits per heavy atom. The van der Waals surface area contributed by atoms with Crippen molar-refractivity contribution in [1.82, 2.24) is 25.4 Å². The fourth-order valence-corrected chi connectivity index (χ4v) is 2.63. The van der Waals surface area contributed by atoms with Crippen molar-refractivity contribution >= 4 is 5.96 Å². The zero-order valence-electron chi connectivity index (χ0n) is 17.6. The summed E-state index contributed by atoms with van der Waals surface area (Å²) in [4.78, 5) is 4.77. The highest BCUT2D eigenvalue weighted by atomic mass is 15.3. The van der Waals surface area contributed by atoms with E-state index in [0.717, 1.165) is 30.5 Å². The molecule has 6 heteroatoms. The highest BCUT2D eigenvalue weighted by Gasteiger charge is 2.14. The SMILES string of the molecule is Cc1nnc(CNC(=NCc2ccccc2)NC(C)CCC(C)(C)C)n1C. The number of aryl methyl sites for hydroxylation is 1. The lowest BCUT2D eigenvalue weighted by Crippen LogP contribution is -2.42. The second-order valence-electron chi connectivity index (χ2n) is 8.37. The van der Waals surface area contributed by atoms with Crippen molar-refractivity contribution in [1.29, 1.82) is 0 Å². The van der Waals surface area contributed by atoms with Crippen LogP contribution in [0.15, 0.2) is 35.3 Å². The smallest absolute Gasteiger partial charge is 0.192 e. The van der Waals surface area contributed by atoms with E-state index in [9.17, 15) is 0 Å². The van der Waals surface area contributed by atoms with Gasteiger partial charge >= 0.3 is 0 Å². The first kappa shape index (κ1) is 20.9. The molecule has 0 amide bonds. The van der Waals surface area contributed by atoms with Gasteiger partial charge in [0.25, 0.3) is 0 Å². The van der Waals surface area contributed by atoms with Gasteiger partial charge in [-0.2, -0.15) is 0 Å². The van der Waals surface area contributed by atoms with Gasteiger partial charge in [-0.25, -0.2) is 4.99 Å². The average molecular weight is 371 g/mol. The van der Waals surface area contributed by atoms with Crippen LogP contribution in [0.2, 0.25) is 0 Å². The average Bonchev–Trinajstić information content (AvgIpc) is 2.94. The quantitative estimate of drug-likeness (QED) is 0.577. The van der Waals surface area contributed by atoms with Crippen molar-refractivity contribution in [2.24, 2.45) is 17.5 Å². The monoisotopic (exact) mass is 370 g/mol. The van der Waals surface area contributed by atoms with Crippen LogP contribution in [-0.2, 0) is 20.1 Å². The van der Waals surface area contributed by atoms with Crippen molar-refractivity contribution in [3.05, 3.63) is 47.5 Å². The van der Waals surface area contributed by atoms with E-state index in [4.69, 9.17) is 4.99 Å². The van der Waals surface area contributed by atoms with Crippen LogP contribution in [0.3, 0.4) is 0 Å². The zero-order chi connectivity index (χ0) is 19.9. The second-order valence-corrected chi connectivity index (χ2v) is 8.37. The van der Waals surface area contributed by atoms with E-state index in [-0.39, 0.29) is 0 Å². The first-order valence-corrected chi connectivity index (χ1v) is 9.68. The summed E-state index contributed by atoms with van der Waals surface area (Å²) in [5, 5.41) is 15.3. The molecule has 0 bridgehead atoms. The third-order valence-corrected chi connectivity index (χ3v) is 4.57. The molecule has 1 unspecified atom stereocenters. The molecule has 0 aliphatic carbocycles. The Morgan fingerprint density at radius 1 is 1.19 bits per heavy atom. The topological polar surface area (TPSA) is 67.1 Å². The maximum atomic E-state index is 4.77. The largest absolute Gasteiger partial charge is 0.354 e. The lowest BCUT2D eigenvalue weighted by atomic mass is 9.89. The van der Waals surface area contributed by atoms with Crippen LogP contribution < -0.4 is 10.6 Å². The summed E-state index contributed by atoms with van der Waals surface area (Å²) in [5.74, 6) is 2.60. The lowest BCUT2D eigenvalue weighted by molar-refractivity contribution is 0.346. The molecule has 2 N–H and O–H groups in total. The molecule has 1 atom stereocenters. The van der Waals surface area contributed by atoms with Gasteiger partial charge in [-0.15, -0.1) is 10.2 Å². The zero-order valence-corrected chi connectivity index (χ0v) is 17.6. The number of nitrogens with zero attached hydrogens (tertiary/aromatic N) is 4. The van der Waals surface area contributed by atoms with E-state index in [1.165, 1.54) is 5.56 Å². The molecule has 2 aromatic rings. The van der Waals surface area contributed by atoms with E-state index in [1.807, 2.05) is 36.7 Å². The van der Waals surface area contributed by atoms with Crippen LogP contribution in [-0.4, -0.2) is 26.8 Å².